The summed E-state index contributed by atoms with van der Waals surface area (Å²) in [5.74, 6) is -1.41. The molecular weight excluding hydrogens is 418 g/mol. The monoisotopic (exact) mass is 437 g/mol. The van der Waals surface area contributed by atoms with Crippen LogP contribution in [0.15, 0.2) is 70.4 Å². The second-order valence-electron chi connectivity index (χ2n) is 6.16. The Labute approximate surface area is 182 Å². The van der Waals surface area contributed by atoms with E-state index >= 15 is 0 Å². The molecule has 0 fully saturated rings. The summed E-state index contributed by atoms with van der Waals surface area (Å²) < 4.78 is 20.5. The average Bonchev–Trinajstić information content (AvgIpc) is 3.35. The van der Waals surface area contributed by atoms with Crippen molar-refractivity contribution in [3.05, 3.63) is 72.2 Å². The molecule has 3 aromatic rings. The summed E-state index contributed by atoms with van der Waals surface area (Å²) >= 11 is 0. The molecule has 0 saturated carbocycles. The molecule has 1 aromatic heterocycles. The molecule has 10 nitrogen and oxygen atoms in total. The maximum atomic E-state index is 12.0. The molecule has 0 saturated heterocycles. The lowest BCUT2D eigenvalue weighted by molar-refractivity contribution is -0.136. The fraction of sp³-hybridized carbons (Fsp3) is 0.0909. The van der Waals surface area contributed by atoms with Crippen molar-refractivity contribution in [2.24, 2.45) is 5.10 Å². The van der Waals surface area contributed by atoms with Crippen LogP contribution in [0.2, 0.25) is 0 Å². The standard InChI is InChI=1S/C22H19N3O7/c1-29-16-8-6-15(7-9-16)24-20(26)21(27)25-23-13-14-5-10-17(19(12-14)30-2)32-22(28)18-4-3-11-31-18/h3-13H,1-2H3,(H,24,26)(H,25,27)/b23-13-. The number of rotatable bonds is 7. The number of carbonyl (C=O) groups excluding carboxylic acids is 3. The quantitative estimate of drug-likeness (QED) is 0.191. The van der Waals surface area contributed by atoms with E-state index in [-0.39, 0.29) is 17.3 Å². The Morgan fingerprint density at radius 1 is 0.938 bits per heavy atom. The number of hydrogen-bond donors (Lipinski definition) is 2. The van der Waals surface area contributed by atoms with Crippen LogP contribution in [0, 0.1) is 0 Å². The Morgan fingerprint density at radius 3 is 2.38 bits per heavy atom. The van der Waals surface area contributed by atoms with Crippen molar-refractivity contribution in [2.45, 2.75) is 0 Å². The minimum atomic E-state index is -0.951. The fourth-order valence-electron chi connectivity index (χ4n) is 2.47. The van der Waals surface area contributed by atoms with Crippen molar-refractivity contribution in [1.82, 2.24) is 5.43 Å². The van der Waals surface area contributed by atoms with Gasteiger partial charge in [-0.2, -0.15) is 5.10 Å². The summed E-state index contributed by atoms with van der Waals surface area (Å²) in [6, 6.07) is 14.2. The highest BCUT2D eigenvalue weighted by atomic mass is 16.6. The maximum absolute atomic E-state index is 12.0. The molecule has 0 aliphatic carbocycles. The van der Waals surface area contributed by atoms with Crippen molar-refractivity contribution >= 4 is 29.7 Å². The molecule has 2 aromatic carbocycles. The molecule has 3 rings (SSSR count). The van der Waals surface area contributed by atoms with E-state index in [1.54, 1.807) is 36.4 Å². The van der Waals surface area contributed by atoms with Gasteiger partial charge in [0.25, 0.3) is 0 Å². The average molecular weight is 437 g/mol. The number of nitrogens with zero attached hydrogens (tertiary/aromatic N) is 1. The lowest BCUT2D eigenvalue weighted by Gasteiger charge is -2.09. The molecule has 1 heterocycles. The Hall–Kier alpha value is -4.60. The molecule has 164 valence electrons. The van der Waals surface area contributed by atoms with Crippen LogP contribution in [-0.2, 0) is 9.59 Å². The number of esters is 1. The highest BCUT2D eigenvalue weighted by molar-refractivity contribution is 6.39. The summed E-state index contributed by atoms with van der Waals surface area (Å²) in [4.78, 5) is 35.9. The van der Waals surface area contributed by atoms with E-state index in [1.165, 1.54) is 44.9 Å². The summed E-state index contributed by atoms with van der Waals surface area (Å²) in [7, 11) is 2.93. The number of benzene rings is 2. The van der Waals surface area contributed by atoms with E-state index in [4.69, 9.17) is 18.6 Å². The molecule has 0 unspecified atom stereocenters. The van der Waals surface area contributed by atoms with Gasteiger partial charge in [-0.3, -0.25) is 9.59 Å². The van der Waals surface area contributed by atoms with Crippen LogP contribution in [0.25, 0.3) is 0 Å². The summed E-state index contributed by atoms with van der Waals surface area (Å²) in [5.41, 5.74) is 3.09. The Balaban J connectivity index is 1.57. The zero-order valence-electron chi connectivity index (χ0n) is 17.2. The molecule has 32 heavy (non-hydrogen) atoms. The second-order valence-corrected chi connectivity index (χ2v) is 6.16. The predicted molar refractivity (Wildman–Crippen MR) is 114 cm³/mol. The Bertz CT molecular complexity index is 1120. The third-order valence-electron chi connectivity index (χ3n) is 4.05. The first-order chi connectivity index (χ1) is 15.5. The summed E-state index contributed by atoms with van der Waals surface area (Å²) in [6.07, 6.45) is 2.66. The Morgan fingerprint density at radius 2 is 1.72 bits per heavy atom. The molecule has 0 spiro atoms. The van der Waals surface area contributed by atoms with Crippen molar-refractivity contribution < 1.29 is 33.0 Å². The van der Waals surface area contributed by atoms with Gasteiger partial charge in [0.15, 0.2) is 11.5 Å². The number of hydrogen-bond acceptors (Lipinski definition) is 8. The molecule has 0 radical (unpaired) electrons. The first kappa shape index (κ1) is 22.1. The molecule has 10 heteroatoms. The topological polar surface area (TPSA) is 128 Å². The molecule has 0 bridgehead atoms. The summed E-state index contributed by atoms with van der Waals surface area (Å²) in [5, 5.41) is 6.20. The van der Waals surface area contributed by atoms with E-state index in [0.717, 1.165) is 0 Å². The van der Waals surface area contributed by atoms with Crippen LogP contribution in [0.1, 0.15) is 16.1 Å². The van der Waals surface area contributed by atoms with Gasteiger partial charge in [-0.15, -0.1) is 0 Å². The number of anilines is 1. The van der Waals surface area contributed by atoms with Gasteiger partial charge in [-0.25, -0.2) is 10.2 Å². The minimum absolute atomic E-state index is 0.0494. The van der Waals surface area contributed by atoms with Crippen LogP contribution in [0.3, 0.4) is 0 Å². The van der Waals surface area contributed by atoms with Gasteiger partial charge < -0.3 is 23.9 Å². The van der Waals surface area contributed by atoms with E-state index in [2.05, 4.69) is 15.8 Å². The highest BCUT2D eigenvalue weighted by Gasteiger charge is 2.15. The van der Waals surface area contributed by atoms with Crippen LogP contribution in [-0.4, -0.2) is 38.2 Å². The molecule has 0 aliphatic rings. The van der Waals surface area contributed by atoms with Gasteiger partial charge in [0.05, 0.1) is 26.7 Å². The van der Waals surface area contributed by atoms with E-state index in [9.17, 15) is 14.4 Å². The van der Waals surface area contributed by atoms with Gasteiger partial charge in [0.2, 0.25) is 5.76 Å². The van der Waals surface area contributed by atoms with Gasteiger partial charge in [0, 0.05) is 5.69 Å². The number of ether oxygens (including phenoxy) is 3. The number of amides is 2. The smallest absolute Gasteiger partial charge is 0.379 e. The van der Waals surface area contributed by atoms with E-state index in [0.29, 0.717) is 17.0 Å². The third kappa shape index (κ3) is 5.72. The number of nitrogens with one attached hydrogen (secondary N) is 2. The second kappa shape index (κ2) is 10.4. The van der Waals surface area contributed by atoms with Gasteiger partial charge in [-0.1, -0.05) is 0 Å². The number of hydrazone groups is 1. The molecule has 2 amide bonds. The van der Waals surface area contributed by atoms with Crippen molar-refractivity contribution in [3.63, 3.8) is 0 Å². The fourth-order valence-corrected chi connectivity index (χ4v) is 2.47. The zero-order valence-corrected chi connectivity index (χ0v) is 17.2. The van der Waals surface area contributed by atoms with Crippen LogP contribution >= 0.6 is 0 Å². The largest absolute Gasteiger partial charge is 0.497 e. The SMILES string of the molecule is COc1ccc(NC(=O)C(=O)N/N=C\c2ccc(OC(=O)c3ccco3)c(OC)c2)cc1. The van der Waals surface area contributed by atoms with Crippen LogP contribution in [0.4, 0.5) is 5.69 Å². The minimum Gasteiger partial charge on any atom is -0.497 e. The molecule has 0 atom stereocenters. The van der Waals surface area contributed by atoms with E-state index in [1.807, 2.05) is 0 Å². The maximum Gasteiger partial charge on any atom is 0.379 e. The van der Waals surface area contributed by atoms with E-state index < -0.39 is 17.8 Å². The van der Waals surface area contributed by atoms with Crippen LogP contribution in [0.5, 0.6) is 17.2 Å². The molecule has 2 N–H and O–H groups in total. The Kier molecular flexibility index (Phi) is 7.20. The van der Waals surface area contributed by atoms with Crippen molar-refractivity contribution in [1.29, 1.82) is 0 Å². The molecular formula is C22H19N3O7. The van der Waals surface area contributed by atoms with Crippen LogP contribution < -0.4 is 25.0 Å². The highest BCUT2D eigenvalue weighted by Crippen LogP contribution is 2.28. The zero-order chi connectivity index (χ0) is 22.9. The normalized spacial score (nSPS) is 10.4. The van der Waals surface area contributed by atoms with Gasteiger partial charge in [-0.05, 0) is 60.2 Å². The first-order valence-corrected chi connectivity index (χ1v) is 9.22. The van der Waals surface area contributed by atoms with Crippen molar-refractivity contribution in [2.75, 3.05) is 19.5 Å². The lowest BCUT2D eigenvalue weighted by Crippen LogP contribution is -2.32. The van der Waals surface area contributed by atoms with Gasteiger partial charge >= 0.3 is 17.8 Å². The predicted octanol–water partition coefficient (Wildman–Crippen LogP) is 2.60. The third-order valence-corrected chi connectivity index (χ3v) is 4.05. The number of methoxy groups -OCH3 is 2. The van der Waals surface area contributed by atoms with Crippen molar-refractivity contribution in [3.8, 4) is 17.2 Å². The first-order valence-electron chi connectivity index (χ1n) is 9.22. The lowest BCUT2D eigenvalue weighted by atomic mass is 10.2. The number of carbonyl (C=O) groups is 3. The van der Waals surface area contributed by atoms with Gasteiger partial charge in [0.1, 0.15) is 5.75 Å². The number of furan rings is 1. The summed E-state index contributed by atoms with van der Waals surface area (Å²) in [6.45, 7) is 0. The molecule has 0 aliphatic heterocycles.